The van der Waals surface area contributed by atoms with E-state index in [0.29, 0.717) is 19.0 Å². The van der Waals surface area contributed by atoms with E-state index in [1.807, 2.05) is 17.3 Å². The highest BCUT2D eigenvalue weighted by molar-refractivity contribution is 5.87. The molecule has 1 aromatic rings. The summed E-state index contributed by atoms with van der Waals surface area (Å²) in [6.45, 7) is 5.83. The molecular formula is C18H29N5O2. The van der Waals surface area contributed by atoms with Crippen molar-refractivity contribution in [3.63, 3.8) is 0 Å². The molecule has 1 aromatic heterocycles. The van der Waals surface area contributed by atoms with Crippen molar-refractivity contribution in [1.82, 2.24) is 19.8 Å². The topological polar surface area (TPSA) is 81.6 Å². The van der Waals surface area contributed by atoms with Crippen molar-refractivity contribution in [2.45, 2.75) is 51.1 Å². The van der Waals surface area contributed by atoms with E-state index < -0.39 is 5.54 Å². The number of β-amino-alcohol motifs (C(OH)–C–C–N with tert-alkyl or cyclic N) is 1. The molecule has 1 unspecified atom stereocenters. The number of carbonyl (C=O) groups is 1. The summed E-state index contributed by atoms with van der Waals surface area (Å²) < 4.78 is 0. The summed E-state index contributed by atoms with van der Waals surface area (Å²) in [7, 11) is 0. The second kappa shape index (κ2) is 8.10. The number of nitrogens with zero attached hydrogens (tertiary/aromatic N) is 4. The fourth-order valence-corrected chi connectivity index (χ4v) is 4.07. The molecule has 0 aliphatic carbocycles. The van der Waals surface area contributed by atoms with Gasteiger partial charge in [0.25, 0.3) is 0 Å². The minimum Gasteiger partial charge on any atom is -0.395 e. The van der Waals surface area contributed by atoms with E-state index in [0.717, 1.165) is 57.3 Å². The Labute approximate surface area is 149 Å². The number of rotatable bonds is 7. The normalized spacial score (nSPS) is 24.2. The molecular weight excluding hydrogens is 318 g/mol. The van der Waals surface area contributed by atoms with Gasteiger partial charge in [-0.15, -0.1) is 0 Å². The van der Waals surface area contributed by atoms with E-state index in [-0.39, 0.29) is 12.5 Å². The van der Waals surface area contributed by atoms with Gasteiger partial charge >= 0.3 is 0 Å². The Balaban J connectivity index is 1.70. The van der Waals surface area contributed by atoms with Crippen LogP contribution in [0.3, 0.4) is 0 Å². The Morgan fingerprint density at radius 1 is 1.24 bits per heavy atom. The van der Waals surface area contributed by atoms with Crippen molar-refractivity contribution < 1.29 is 9.90 Å². The minimum atomic E-state index is -0.396. The van der Waals surface area contributed by atoms with Crippen LogP contribution in [0, 0.1) is 0 Å². The second-order valence-corrected chi connectivity index (χ2v) is 7.02. The Morgan fingerprint density at radius 2 is 1.96 bits per heavy atom. The van der Waals surface area contributed by atoms with Crippen LogP contribution in [0.25, 0.3) is 0 Å². The highest BCUT2D eigenvalue weighted by Gasteiger charge is 2.50. The first-order valence-corrected chi connectivity index (χ1v) is 9.39. The molecule has 138 valence electrons. The first-order valence-electron chi connectivity index (χ1n) is 9.39. The third kappa shape index (κ3) is 3.77. The molecule has 2 saturated heterocycles. The molecule has 2 aliphatic rings. The number of piperidine rings is 1. The summed E-state index contributed by atoms with van der Waals surface area (Å²) in [6.07, 6.45) is 8.60. The van der Waals surface area contributed by atoms with Gasteiger partial charge in [-0.2, -0.15) is 0 Å². The number of aliphatic hydroxyl groups excluding tert-OH is 1. The zero-order valence-corrected chi connectivity index (χ0v) is 15.1. The Morgan fingerprint density at radius 3 is 2.64 bits per heavy atom. The van der Waals surface area contributed by atoms with E-state index in [9.17, 15) is 9.90 Å². The van der Waals surface area contributed by atoms with E-state index in [2.05, 4.69) is 27.1 Å². The van der Waals surface area contributed by atoms with Gasteiger partial charge in [0.15, 0.2) is 0 Å². The quantitative estimate of drug-likeness (QED) is 0.772. The lowest BCUT2D eigenvalue weighted by molar-refractivity contribution is -0.148. The third-order valence-electron chi connectivity index (χ3n) is 5.31. The molecule has 2 aliphatic heterocycles. The standard InChI is InChI=1S/C18H29N5O2/c1-2-7-19-17-20-12-15(13-21-17)14-23-9-4-6-18(23)5-3-8-22(10-11-24)16(18)25/h12-13,24H,2-11,14H2,1H3,(H,19,20,21). The van der Waals surface area contributed by atoms with Crippen molar-refractivity contribution in [1.29, 1.82) is 0 Å². The monoisotopic (exact) mass is 347 g/mol. The number of carbonyl (C=O) groups excluding carboxylic acids is 1. The van der Waals surface area contributed by atoms with Gasteiger partial charge in [0.2, 0.25) is 11.9 Å². The molecule has 7 nitrogen and oxygen atoms in total. The number of hydrogen-bond donors (Lipinski definition) is 2. The fourth-order valence-electron chi connectivity index (χ4n) is 4.07. The van der Waals surface area contributed by atoms with Gasteiger partial charge in [0, 0.05) is 44.1 Å². The highest BCUT2D eigenvalue weighted by atomic mass is 16.3. The summed E-state index contributed by atoms with van der Waals surface area (Å²) in [4.78, 5) is 25.9. The van der Waals surface area contributed by atoms with E-state index in [1.54, 1.807) is 0 Å². The first-order chi connectivity index (χ1) is 12.2. The van der Waals surface area contributed by atoms with Crippen LogP contribution in [0.4, 0.5) is 5.95 Å². The van der Waals surface area contributed by atoms with Crippen molar-refractivity contribution in [2.24, 2.45) is 0 Å². The van der Waals surface area contributed by atoms with Crippen LogP contribution < -0.4 is 5.32 Å². The van der Waals surface area contributed by atoms with Crippen molar-refractivity contribution >= 4 is 11.9 Å². The van der Waals surface area contributed by atoms with E-state index >= 15 is 0 Å². The Kier molecular flexibility index (Phi) is 5.86. The van der Waals surface area contributed by atoms with Crippen molar-refractivity contribution in [2.75, 3.05) is 38.1 Å². The Bertz CT molecular complexity index is 577. The molecule has 1 amide bonds. The molecule has 2 N–H and O–H groups in total. The maximum atomic E-state index is 13.0. The molecule has 2 fully saturated rings. The summed E-state index contributed by atoms with van der Waals surface area (Å²) >= 11 is 0. The molecule has 3 rings (SSSR count). The summed E-state index contributed by atoms with van der Waals surface area (Å²) in [5.41, 5.74) is 0.641. The lowest BCUT2D eigenvalue weighted by atomic mass is 9.85. The largest absolute Gasteiger partial charge is 0.395 e. The lowest BCUT2D eigenvalue weighted by Gasteiger charge is -2.44. The van der Waals surface area contributed by atoms with Crippen molar-refractivity contribution in [3.05, 3.63) is 18.0 Å². The Hall–Kier alpha value is -1.73. The van der Waals surface area contributed by atoms with Crippen LogP contribution in [0.1, 0.15) is 44.6 Å². The number of aromatic nitrogens is 2. The molecule has 1 spiro atoms. The fraction of sp³-hybridized carbons (Fsp3) is 0.722. The summed E-state index contributed by atoms with van der Waals surface area (Å²) in [6, 6.07) is 0. The molecule has 3 heterocycles. The number of aliphatic hydroxyl groups is 1. The van der Waals surface area contributed by atoms with Gasteiger partial charge < -0.3 is 15.3 Å². The zero-order valence-electron chi connectivity index (χ0n) is 15.1. The molecule has 0 radical (unpaired) electrons. The molecule has 0 saturated carbocycles. The molecule has 25 heavy (non-hydrogen) atoms. The van der Waals surface area contributed by atoms with Gasteiger partial charge in [-0.1, -0.05) is 6.92 Å². The summed E-state index contributed by atoms with van der Waals surface area (Å²) in [5, 5.41) is 12.4. The minimum absolute atomic E-state index is 0.0296. The van der Waals surface area contributed by atoms with Gasteiger partial charge in [-0.3, -0.25) is 9.69 Å². The average molecular weight is 347 g/mol. The van der Waals surface area contributed by atoms with Gasteiger partial charge in [-0.05, 0) is 38.6 Å². The van der Waals surface area contributed by atoms with E-state index in [1.165, 1.54) is 0 Å². The third-order valence-corrected chi connectivity index (χ3v) is 5.31. The predicted octanol–water partition coefficient (Wildman–Crippen LogP) is 1.25. The smallest absolute Gasteiger partial charge is 0.243 e. The number of nitrogens with one attached hydrogen (secondary N) is 1. The second-order valence-electron chi connectivity index (χ2n) is 7.02. The van der Waals surface area contributed by atoms with Crippen molar-refractivity contribution in [3.8, 4) is 0 Å². The van der Waals surface area contributed by atoms with Crippen LogP contribution in [-0.2, 0) is 11.3 Å². The SMILES string of the molecule is CCCNc1ncc(CN2CCCC23CCCN(CCO)C3=O)cn1. The van der Waals surface area contributed by atoms with E-state index in [4.69, 9.17) is 0 Å². The van der Waals surface area contributed by atoms with Crippen LogP contribution >= 0.6 is 0 Å². The predicted molar refractivity (Wildman–Crippen MR) is 96.1 cm³/mol. The molecule has 1 atom stereocenters. The van der Waals surface area contributed by atoms with Gasteiger partial charge in [-0.25, -0.2) is 9.97 Å². The molecule has 0 aromatic carbocycles. The summed E-state index contributed by atoms with van der Waals surface area (Å²) in [5.74, 6) is 0.844. The lowest BCUT2D eigenvalue weighted by Crippen LogP contribution is -2.60. The maximum Gasteiger partial charge on any atom is 0.243 e. The highest BCUT2D eigenvalue weighted by Crippen LogP contribution is 2.39. The maximum absolute atomic E-state index is 13.0. The van der Waals surface area contributed by atoms with Gasteiger partial charge in [0.1, 0.15) is 5.54 Å². The molecule has 0 bridgehead atoms. The number of hydrogen-bond acceptors (Lipinski definition) is 6. The number of anilines is 1. The number of likely N-dealkylation sites (tertiary alicyclic amines) is 2. The van der Waals surface area contributed by atoms with Gasteiger partial charge in [0.05, 0.1) is 6.61 Å². The van der Waals surface area contributed by atoms with Crippen LogP contribution in [0.5, 0.6) is 0 Å². The molecule has 7 heteroatoms. The average Bonchev–Trinajstić information content (AvgIpc) is 3.02. The number of amides is 1. The first kappa shape index (κ1) is 18.1. The van der Waals surface area contributed by atoms with Crippen LogP contribution in [0.2, 0.25) is 0 Å². The van der Waals surface area contributed by atoms with Crippen LogP contribution in [-0.4, -0.2) is 69.1 Å². The van der Waals surface area contributed by atoms with Crippen LogP contribution in [0.15, 0.2) is 12.4 Å². The zero-order chi connectivity index (χ0) is 17.7.